The minimum Gasteiger partial charge on any atom is -0.477 e. The number of aromatic nitrogens is 3. The van der Waals surface area contributed by atoms with Gasteiger partial charge in [0, 0.05) is 35.2 Å². The molecule has 0 saturated carbocycles. The summed E-state index contributed by atoms with van der Waals surface area (Å²) in [6.45, 7) is 0.274. The second-order valence-corrected chi connectivity index (χ2v) is 10.1. The molecule has 15 heteroatoms. The van der Waals surface area contributed by atoms with Crippen LogP contribution >= 0.6 is 23.1 Å². The number of nitrogen functional groups attached to an aromatic ring is 1. The van der Waals surface area contributed by atoms with Crippen LogP contribution in [-0.2, 0) is 25.8 Å². The fraction of sp³-hybridized carbons (Fsp3) is 0.227. The van der Waals surface area contributed by atoms with Crippen molar-refractivity contribution in [2.45, 2.75) is 18.0 Å². The number of thioether (sulfide) groups is 1. The molecule has 2 amide bonds. The van der Waals surface area contributed by atoms with Crippen molar-refractivity contribution in [1.82, 2.24) is 20.2 Å². The van der Waals surface area contributed by atoms with E-state index in [9.17, 15) is 19.5 Å². The highest BCUT2D eigenvalue weighted by molar-refractivity contribution is 8.00. The van der Waals surface area contributed by atoms with E-state index in [1.807, 2.05) is 16.7 Å². The van der Waals surface area contributed by atoms with E-state index < -0.39 is 29.2 Å². The molecule has 0 radical (unpaired) electrons. The molecule has 0 aromatic carbocycles. The molecule has 0 bridgehead atoms. The molecule has 4 N–H and O–H groups in total. The Morgan fingerprint density at radius 3 is 2.78 bits per heavy atom. The Bertz CT molecular complexity index is 1420. The molecule has 5 heterocycles. The average molecular weight is 543 g/mol. The van der Waals surface area contributed by atoms with Gasteiger partial charge in [0.15, 0.2) is 41.9 Å². The van der Waals surface area contributed by atoms with Crippen LogP contribution in [0, 0.1) is 0 Å². The van der Waals surface area contributed by atoms with Gasteiger partial charge in [0.05, 0.1) is 11.1 Å². The van der Waals surface area contributed by atoms with Gasteiger partial charge >= 0.3 is 5.97 Å². The number of carbonyl (C=O) groups excluding carboxylic acids is 2. The summed E-state index contributed by atoms with van der Waals surface area (Å²) < 4.78 is 7.10. The maximum atomic E-state index is 13.0. The summed E-state index contributed by atoms with van der Waals surface area (Å²) in [4.78, 5) is 52.3. The van der Waals surface area contributed by atoms with E-state index in [1.54, 1.807) is 18.6 Å². The van der Waals surface area contributed by atoms with Gasteiger partial charge in [-0.25, -0.2) is 19.3 Å². The summed E-state index contributed by atoms with van der Waals surface area (Å²) in [6.07, 6.45) is 7.92. The summed E-state index contributed by atoms with van der Waals surface area (Å²) in [5.74, 6) is -1.40. The predicted octanol–water partition coefficient (Wildman–Crippen LogP) is 0.457. The molecular weight excluding hydrogens is 522 g/mol. The number of anilines is 1. The van der Waals surface area contributed by atoms with Crippen molar-refractivity contribution in [2.75, 3.05) is 18.6 Å². The lowest BCUT2D eigenvalue weighted by Crippen LogP contribution is -2.71. The van der Waals surface area contributed by atoms with Gasteiger partial charge in [-0.3, -0.25) is 14.5 Å². The van der Waals surface area contributed by atoms with Gasteiger partial charge in [0.2, 0.25) is 0 Å². The molecule has 2 aliphatic rings. The maximum absolute atomic E-state index is 13.0. The number of aliphatic carboxylic acids is 1. The van der Waals surface area contributed by atoms with Crippen LogP contribution in [0.25, 0.3) is 11.3 Å². The molecule has 2 unspecified atom stereocenters. The number of pyridine rings is 1. The smallest absolute Gasteiger partial charge is 0.352 e. The number of β-lactam (4-membered cyclic amide) rings is 1. The Hall–Kier alpha value is -4.24. The third kappa shape index (κ3) is 4.65. The number of carboxylic acids is 1. The second kappa shape index (κ2) is 10.0. The van der Waals surface area contributed by atoms with Crippen molar-refractivity contribution in [3.05, 3.63) is 59.5 Å². The highest BCUT2D eigenvalue weighted by atomic mass is 32.2. The topological polar surface area (TPSA) is 177 Å². The lowest BCUT2D eigenvalue weighted by molar-refractivity contribution is -0.689. The van der Waals surface area contributed by atoms with Crippen LogP contribution in [0.4, 0.5) is 5.13 Å². The molecule has 3 aromatic rings. The molecule has 0 aliphatic carbocycles. The fourth-order valence-electron chi connectivity index (χ4n) is 4.01. The van der Waals surface area contributed by atoms with Crippen molar-refractivity contribution >= 4 is 51.7 Å². The Morgan fingerprint density at radius 2 is 2.16 bits per heavy atom. The number of carbonyl (C=O) groups is 3. The number of fused-ring (bicyclic) bond motifs is 1. The average Bonchev–Trinajstić information content (AvgIpc) is 3.58. The number of nitrogens with zero attached hydrogens (tertiary/aromatic N) is 5. The van der Waals surface area contributed by atoms with Gasteiger partial charge in [-0.1, -0.05) is 16.5 Å². The van der Waals surface area contributed by atoms with Crippen LogP contribution in [0.5, 0.6) is 0 Å². The van der Waals surface area contributed by atoms with Gasteiger partial charge in [-0.05, 0) is 0 Å². The number of amides is 2. The van der Waals surface area contributed by atoms with E-state index in [0.29, 0.717) is 22.0 Å². The van der Waals surface area contributed by atoms with Gasteiger partial charge in [-0.2, -0.15) is 0 Å². The summed E-state index contributed by atoms with van der Waals surface area (Å²) in [7, 11) is 1.29. The van der Waals surface area contributed by atoms with E-state index in [-0.39, 0.29) is 23.1 Å². The zero-order valence-corrected chi connectivity index (χ0v) is 20.9. The van der Waals surface area contributed by atoms with Crippen LogP contribution < -0.4 is 15.6 Å². The first-order valence-corrected chi connectivity index (χ1v) is 12.7. The number of nitrogens with two attached hydrogens (primary N) is 1. The molecule has 190 valence electrons. The van der Waals surface area contributed by atoms with Gasteiger partial charge < -0.3 is 25.4 Å². The number of rotatable bonds is 8. The Kier molecular flexibility index (Phi) is 6.62. The number of hydrogen-bond donors (Lipinski definition) is 3. The Morgan fingerprint density at radius 1 is 1.38 bits per heavy atom. The molecule has 2 atom stereocenters. The molecule has 2 aliphatic heterocycles. The largest absolute Gasteiger partial charge is 0.477 e. The minimum absolute atomic E-state index is 0.0768. The standard InChI is InChI=1S/C22H19N7O6S2/c1-34-27-15(14-7-25-22(23)37-14)18(30)26-16-19(31)29-17(21(32)33)12(9-36-20(16)29)8-28-4-2-11(3-5-28)13-6-24-10-35-13/h2-7,10,16,20H,8-9H2,1H3,(H3-,23,25,26,27,30,32,33)/p+1. The molecule has 0 spiro atoms. The Labute approximate surface area is 217 Å². The minimum atomic E-state index is -1.21. The van der Waals surface area contributed by atoms with Gasteiger partial charge in [0.1, 0.15) is 24.2 Å². The summed E-state index contributed by atoms with van der Waals surface area (Å²) in [5, 5.41) is 16.0. The summed E-state index contributed by atoms with van der Waals surface area (Å²) in [6, 6.07) is 2.74. The van der Waals surface area contributed by atoms with E-state index >= 15 is 0 Å². The molecule has 1 fully saturated rings. The van der Waals surface area contributed by atoms with Crippen molar-refractivity contribution in [1.29, 1.82) is 0 Å². The van der Waals surface area contributed by atoms with Crippen molar-refractivity contribution in [3.63, 3.8) is 0 Å². The first-order valence-electron chi connectivity index (χ1n) is 10.8. The van der Waals surface area contributed by atoms with Crippen molar-refractivity contribution in [2.24, 2.45) is 5.16 Å². The number of oxime groups is 1. The Balaban J connectivity index is 1.32. The molecule has 13 nitrogen and oxygen atoms in total. The SMILES string of the molecule is CO/N=C(\C(=O)NC1C(=O)N2C(C(=O)O)=C(C[n+]3ccc(-c4cnco4)cc3)CSC12)c1cnc(N)s1. The van der Waals surface area contributed by atoms with Gasteiger partial charge in [0.25, 0.3) is 11.8 Å². The van der Waals surface area contributed by atoms with Gasteiger partial charge in [-0.15, -0.1) is 11.8 Å². The molecule has 1 saturated heterocycles. The summed E-state index contributed by atoms with van der Waals surface area (Å²) in [5.41, 5.74) is 6.89. The van der Waals surface area contributed by atoms with Crippen molar-refractivity contribution in [3.8, 4) is 11.3 Å². The van der Waals surface area contributed by atoms with E-state index in [1.165, 1.54) is 36.4 Å². The predicted molar refractivity (Wildman–Crippen MR) is 132 cm³/mol. The normalized spacial score (nSPS) is 19.3. The second-order valence-electron chi connectivity index (χ2n) is 7.93. The van der Waals surface area contributed by atoms with Crippen LogP contribution in [0.2, 0.25) is 0 Å². The number of thiazole rings is 1. The molecule has 37 heavy (non-hydrogen) atoms. The summed E-state index contributed by atoms with van der Waals surface area (Å²) >= 11 is 2.42. The number of nitrogens with one attached hydrogen (secondary N) is 1. The molecular formula is C22H20N7O6S2+. The lowest BCUT2D eigenvalue weighted by atomic mass is 10.0. The quantitative estimate of drug-likeness (QED) is 0.157. The van der Waals surface area contributed by atoms with Crippen LogP contribution in [0.3, 0.4) is 0 Å². The number of oxazole rings is 1. The monoisotopic (exact) mass is 542 g/mol. The zero-order chi connectivity index (χ0) is 26.1. The molecule has 5 rings (SSSR count). The lowest BCUT2D eigenvalue weighted by Gasteiger charge is -2.49. The third-order valence-electron chi connectivity index (χ3n) is 5.67. The highest BCUT2D eigenvalue weighted by Crippen LogP contribution is 2.40. The third-order valence-corrected chi connectivity index (χ3v) is 7.85. The first kappa shape index (κ1) is 24.5. The fourth-order valence-corrected chi connectivity index (χ4v) is 6.00. The number of hydrogen-bond acceptors (Lipinski definition) is 11. The zero-order valence-electron chi connectivity index (χ0n) is 19.2. The highest BCUT2D eigenvalue weighted by Gasteiger charge is 2.54. The van der Waals surface area contributed by atoms with E-state index in [0.717, 1.165) is 16.9 Å². The maximum Gasteiger partial charge on any atom is 0.352 e. The first-order chi connectivity index (χ1) is 17.9. The van der Waals surface area contributed by atoms with E-state index in [2.05, 4.69) is 20.4 Å². The molecule has 3 aromatic heterocycles. The van der Waals surface area contributed by atoms with Crippen molar-refractivity contribution < 1.29 is 33.3 Å². The van der Waals surface area contributed by atoms with Crippen LogP contribution in [0.15, 0.2) is 64.2 Å². The number of carboxylic acid groups (broad SMARTS) is 1. The van der Waals surface area contributed by atoms with E-state index in [4.69, 9.17) is 15.0 Å². The van der Waals surface area contributed by atoms with Crippen LogP contribution in [0.1, 0.15) is 4.88 Å². The van der Waals surface area contributed by atoms with Crippen LogP contribution in [-0.4, -0.2) is 67.7 Å².